The quantitative estimate of drug-likeness (QED) is 0.787. The number of rotatable bonds is 4. The van der Waals surface area contributed by atoms with Gasteiger partial charge in [-0.05, 0) is 30.8 Å². The summed E-state index contributed by atoms with van der Waals surface area (Å²) >= 11 is 0. The molecule has 0 saturated carbocycles. The van der Waals surface area contributed by atoms with Crippen LogP contribution in [0.4, 0.5) is 0 Å². The second-order valence-corrected chi connectivity index (χ2v) is 4.61. The molecule has 0 amide bonds. The third-order valence-electron chi connectivity index (χ3n) is 3.15. The molecule has 20 heavy (non-hydrogen) atoms. The van der Waals surface area contributed by atoms with E-state index in [4.69, 9.17) is 0 Å². The van der Waals surface area contributed by atoms with Gasteiger partial charge in [0.2, 0.25) is 0 Å². The van der Waals surface area contributed by atoms with E-state index in [1.54, 1.807) is 6.20 Å². The summed E-state index contributed by atoms with van der Waals surface area (Å²) in [7, 11) is 0. The molecule has 3 aromatic rings. The highest BCUT2D eigenvalue weighted by molar-refractivity contribution is 5.82. The first-order chi connectivity index (χ1) is 9.86. The van der Waals surface area contributed by atoms with E-state index >= 15 is 0 Å². The van der Waals surface area contributed by atoms with Crippen molar-refractivity contribution in [3.05, 3.63) is 54.5 Å². The van der Waals surface area contributed by atoms with E-state index in [9.17, 15) is 0 Å². The van der Waals surface area contributed by atoms with Crippen LogP contribution < -0.4 is 5.32 Å². The van der Waals surface area contributed by atoms with E-state index in [-0.39, 0.29) is 0 Å². The summed E-state index contributed by atoms with van der Waals surface area (Å²) in [5, 5.41) is 4.36. The van der Waals surface area contributed by atoms with Crippen LogP contribution in [0.15, 0.2) is 48.9 Å². The minimum absolute atomic E-state index is 0.746. The lowest BCUT2D eigenvalue weighted by Crippen LogP contribution is -2.12. The molecule has 0 aliphatic heterocycles. The van der Waals surface area contributed by atoms with Crippen LogP contribution >= 0.6 is 0 Å². The molecular formula is C16H16N4. The van der Waals surface area contributed by atoms with Gasteiger partial charge in [-0.25, -0.2) is 9.97 Å². The van der Waals surface area contributed by atoms with Gasteiger partial charge < -0.3 is 5.32 Å². The van der Waals surface area contributed by atoms with Gasteiger partial charge >= 0.3 is 0 Å². The SMILES string of the molecule is CCNCc1cnc(-c2ccc3ncccc3c2)nc1. The van der Waals surface area contributed by atoms with Crippen LogP contribution in [0.2, 0.25) is 0 Å². The molecular weight excluding hydrogens is 248 g/mol. The van der Waals surface area contributed by atoms with Crippen LogP contribution in [-0.2, 0) is 6.54 Å². The Morgan fingerprint density at radius 1 is 1.05 bits per heavy atom. The van der Waals surface area contributed by atoms with Crippen molar-refractivity contribution in [2.45, 2.75) is 13.5 Å². The van der Waals surface area contributed by atoms with Gasteiger partial charge in [0.25, 0.3) is 0 Å². The normalized spacial score (nSPS) is 10.8. The van der Waals surface area contributed by atoms with E-state index in [1.165, 1.54) is 0 Å². The van der Waals surface area contributed by atoms with Crippen molar-refractivity contribution in [1.29, 1.82) is 0 Å². The van der Waals surface area contributed by atoms with Crippen LogP contribution in [0.1, 0.15) is 12.5 Å². The second-order valence-electron chi connectivity index (χ2n) is 4.61. The molecule has 1 aromatic carbocycles. The van der Waals surface area contributed by atoms with Crippen LogP contribution in [0, 0.1) is 0 Å². The van der Waals surface area contributed by atoms with Gasteiger partial charge in [0, 0.05) is 41.6 Å². The van der Waals surface area contributed by atoms with Gasteiger partial charge in [-0.1, -0.05) is 13.0 Å². The van der Waals surface area contributed by atoms with E-state index in [0.717, 1.165) is 40.9 Å². The van der Waals surface area contributed by atoms with E-state index in [2.05, 4.69) is 33.3 Å². The molecule has 4 nitrogen and oxygen atoms in total. The fourth-order valence-corrected chi connectivity index (χ4v) is 2.08. The Hall–Kier alpha value is -2.33. The molecule has 0 saturated heterocycles. The highest BCUT2D eigenvalue weighted by atomic mass is 14.9. The largest absolute Gasteiger partial charge is 0.313 e. The number of benzene rings is 1. The van der Waals surface area contributed by atoms with Crippen molar-refractivity contribution in [2.24, 2.45) is 0 Å². The molecule has 0 radical (unpaired) electrons. The van der Waals surface area contributed by atoms with Crippen molar-refractivity contribution in [3.63, 3.8) is 0 Å². The molecule has 0 atom stereocenters. The molecule has 2 aromatic heterocycles. The van der Waals surface area contributed by atoms with E-state index in [1.807, 2.05) is 36.7 Å². The average molecular weight is 264 g/mol. The molecule has 0 spiro atoms. The van der Waals surface area contributed by atoms with Gasteiger partial charge in [-0.3, -0.25) is 4.98 Å². The zero-order valence-electron chi connectivity index (χ0n) is 11.4. The maximum absolute atomic E-state index is 4.44. The minimum Gasteiger partial charge on any atom is -0.313 e. The van der Waals surface area contributed by atoms with Gasteiger partial charge in [-0.2, -0.15) is 0 Å². The van der Waals surface area contributed by atoms with Crippen molar-refractivity contribution >= 4 is 10.9 Å². The van der Waals surface area contributed by atoms with Gasteiger partial charge in [0.15, 0.2) is 5.82 Å². The predicted octanol–water partition coefficient (Wildman–Crippen LogP) is 2.80. The number of nitrogens with one attached hydrogen (secondary N) is 1. The number of hydrogen-bond acceptors (Lipinski definition) is 4. The first-order valence-electron chi connectivity index (χ1n) is 6.73. The molecule has 100 valence electrons. The zero-order chi connectivity index (χ0) is 13.8. The summed E-state index contributed by atoms with van der Waals surface area (Å²) in [6.07, 6.45) is 5.55. The number of pyridine rings is 1. The molecule has 4 heteroatoms. The fourth-order valence-electron chi connectivity index (χ4n) is 2.08. The number of fused-ring (bicyclic) bond motifs is 1. The van der Waals surface area contributed by atoms with Crippen molar-refractivity contribution in [2.75, 3.05) is 6.54 Å². The third kappa shape index (κ3) is 2.65. The molecule has 0 fully saturated rings. The smallest absolute Gasteiger partial charge is 0.159 e. The summed E-state index contributed by atoms with van der Waals surface area (Å²) in [6, 6.07) is 10.1. The highest BCUT2D eigenvalue weighted by Gasteiger charge is 2.03. The number of hydrogen-bond donors (Lipinski definition) is 1. The molecule has 0 aliphatic carbocycles. The summed E-state index contributed by atoms with van der Waals surface area (Å²) in [5.74, 6) is 0.746. The van der Waals surface area contributed by atoms with E-state index in [0.29, 0.717) is 0 Å². The van der Waals surface area contributed by atoms with Crippen molar-refractivity contribution < 1.29 is 0 Å². The Bertz CT molecular complexity index is 707. The lowest BCUT2D eigenvalue weighted by molar-refractivity contribution is 0.721. The maximum Gasteiger partial charge on any atom is 0.159 e. The number of aromatic nitrogens is 3. The topological polar surface area (TPSA) is 50.7 Å². The Morgan fingerprint density at radius 3 is 2.70 bits per heavy atom. The van der Waals surface area contributed by atoms with Crippen molar-refractivity contribution in [1.82, 2.24) is 20.3 Å². The minimum atomic E-state index is 0.746. The summed E-state index contributed by atoms with van der Waals surface area (Å²) in [5.41, 5.74) is 3.10. The molecule has 0 bridgehead atoms. The Labute approximate surface area is 117 Å². The van der Waals surface area contributed by atoms with Crippen LogP contribution in [0.5, 0.6) is 0 Å². The summed E-state index contributed by atoms with van der Waals surface area (Å²) < 4.78 is 0. The predicted molar refractivity (Wildman–Crippen MR) is 80.1 cm³/mol. The van der Waals surface area contributed by atoms with Crippen molar-refractivity contribution in [3.8, 4) is 11.4 Å². The Kier molecular flexibility index (Phi) is 3.65. The monoisotopic (exact) mass is 264 g/mol. The van der Waals surface area contributed by atoms with Gasteiger partial charge in [0.05, 0.1) is 5.52 Å². The Balaban J connectivity index is 1.90. The van der Waals surface area contributed by atoms with Crippen LogP contribution in [-0.4, -0.2) is 21.5 Å². The Morgan fingerprint density at radius 2 is 1.90 bits per heavy atom. The second kappa shape index (κ2) is 5.75. The van der Waals surface area contributed by atoms with Gasteiger partial charge in [0.1, 0.15) is 0 Å². The maximum atomic E-state index is 4.44. The van der Waals surface area contributed by atoms with Crippen LogP contribution in [0.25, 0.3) is 22.3 Å². The molecule has 0 aliphatic rings. The third-order valence-corrected chi connectivity index (χ3v) is 3.15. The standard InChI is InChI=1S/C16H16N4/c1-2-17-9-12-10-19-16(20-11-12)14-5-6-15-13(8-14)4-3-7-18-15/h3-8,10-11,17H,2,9H2,1H3. The lowest BCUT2D eigenvalue weighted by Gasteiger charge is -2.04. The average Bonchev–Trinajstić information content (AvgIpc) is 2.53. The first kappa shape index (κ1) is 12.7. The summed E-state index contributed by atoms with van der Waals surface area (Å²) in [4.78, 5) is 13.2. The molecule has 2 heterocycles. The number of nitrogens with zero attached hydrogens (tertiary/aromatic N) is 3. The van der Waals surface area contributed by atoms with Gasteiger partial charge in [-0.15, -0.1) is 0 Å². The zero-order valence-corrected chi connectivity index (χ0v) is 11.4. The molecule has 0 unspecified atom stereocenters. The highest BCUT2D eigenvalue weighted by Crippen LogP contribution is 2.20. The molecule has 3 rings (SSSR count). The lowest BCUT2D eigenvalue weighted by atomic mass is 10.1. The summed E-state index contributed by atoms with van der Waals surface area (Å²) in [6.45, 7) is 3.83. The van der Waals surface area contributed by atoms with E-state index < -0.39 is 0 Å². The molecule has 1 N–H and O–H groups in total. The fraction of sp³-hybridized carbons (Fsp3) is 0.188. The first-order valence-corrected chi connectivity index (χ1v) is 6.73. The van der Waals surface area contributed by atoms with Crippen LogP contribution in [0.3, 0.4) is 0 Å².